The van der Waals surface area contributed by atoms with Crippen molar-refractivity contribution >= 4 is 22.5 Å². The van der Waals surface area contributed by atoms with Crippen LogP contribution >= 0.6 is 0 Å². The van der Waals surface area contributed by atoms with E-state index in [1.807, 2.05) is 22.6 Å². The number of nitrogen functional groups attached to an aromatic ring is 1. The molecular formula is C20H13FN6. The van der Waals surface area contributed by atoms with E-state index in [-0.39, 0.29) is 11.6 Å². The number of anilines is 1. The van der Waals surface area contributed by atoms with Gasteiger partial charge in [0.15, 0.2) is 17.1 Å². The maximum Gasteiger partial charge on any atom is 0.180 e. The molecule has 0 fully saturated rings. The summed E-state index contributed by atoms with van der Waals surface area (Å²) in [6.07, 6.45) is 6.89. The lowest BCUT2D eigenvalue weighted by Gasteiger charge is -2.14. The summed E-state index contributed by atoms with van der Waals surface area (Å²) in [5.41, 5.74) is 10.0. The maximum atomic E-state index is 13.9. The first kappa shape index (κ1) is 15.4. The lowest BCUT2D eigenvalue weighted by atomic mass is 10.0. The van der Waals surface area contributed by atoms with Crippen molar-refractivity contribution < 1.29 is 4.39 Å². The average Bonchev–Trinajstić information content (AvgIpc) is 3.18. The fourth-order valence-electron chi connectivity index (χ4n) is 3.22. The maximum absolute atomic E-state index is 13.9. The van der Waals surface area contributed by atoms with Gasteiger partial charge in [0.05, 0.1) is 11.4 Å². The van der Waals surface area contributed by atoms with E-state index in [0.29, 0.717) is 22.6 Å². The minimum atomic E-state index is -0.342. The molecule has 4 aromatic heterocycles. The monoisotopic (exact) mass is 356 g/mol. The van der Waals surface area contributed by atoms with Gasteiger partial charge in [0.2, 0.25) is 0 Å². The van der Waals surface area contributed by atoms with Crippen molar-refractivity contribution in [1.29, 1.82) is 0 Å². The van der Waals surface area contributed by atoms with Crippen molar-refractivity contribution in [2.75, 3.05) is 5.73 Å². The summed E-state index contributed by atoms with van der Waals surface area (Å²) in [6, 6.07) is 12.0. The van der Waals surface area contributed by atoms with Crippen LogP contribution in [0.4, 0.5) is 10.2 Å². The van der Waals surface area contributed by atoms with Crippen molar-refractivity contribution in [2.45, 2.75) is 0 Å². The third-order valence-electron chi connectivity index (χ3n) is 4.39. The zero-order valence-corrected chi connectivity index (χ0v) is 14.0. The smallest absolute Gasteiger partial charge is 0.180 e. The van der Waals surface area contributed by atoms with Crippen LogP contribution in [0.2, 0.25) is 0 Å². The molecule has 1 aromatic carbocycles. The van der Waals surface area contributed by atoms with E-state index in [9.17, 15) is 4.39 Å². The first-order valence-corrected chi connectivity index (χ1v) is 8.30. The summed E-state index contributed by atoms with van der Waals surface area (Å²) >= 11 is 0. The molecular weight excluding hydrogens is 343 g/mol. The van der Waals surface area contributed by atoms with Crippen LogP contribution in [0.3, 0.4) is 0 Å². The van der Waals surface area contributed by atoms with Crippen molar-refractivity contribution in [1.82, 2.24) is 24.3 Å². The Morgan fingerprint density at radius 1 is 0.926 bits per heavy atom. The van der Waals surface area contributed by atoms with Gasteiger partial charge in [-0.25, -0.2) is 24.3 Å². The van der Waals surface area contributed by atoms with Gasteiger partial charge in [-0.3, -0.25) is 4.40 Å². The van der Waals surface area contributed by atoms with Crippen LogP contribution in [-0.4, -0.2) is 24.3 Å². The Labute approximate surface area is 153 Å². The first-order chi connectivity index (χ1) is 13.2. The highest BCUT2D eigenvalue weighted by molar-refractivity contribution is 5.87. The van der Waals surface area contributed by atoms with E-state index in [1.165, 1.54) is 12.1 Å². The fourth-order valence-corrected chi connectivity index (χ4v) is 3.22. The number of pyridine rings is 2. The average molecular weight is 356 g/mol. The second kappa shape index (κ2) is 5.84. The molecule has 0 radical (unpaired) electrons. The normalized spacial score (nSPS) is 11.3. The van der Waals surface area contributed by atoms with Crippen molar-refractivity contribution in [2.24, 2.45) is 0 Å². The topological polar surface area (TPSA) is 82.0 Å². The minimum absolute atomic E-state index is 0.276. The molecule has 0 unspecified atom stereocenters. The molecule has 7 heteroatoms. The molecule has 0 saturated carbocycles. The van der Waals surface area contributed by atoms with Crippen LogP contribution in [0.15, 0.2) is 67.3 Å². The lowest BCUT2D eigenvalue weighted by molar-refractivity contribution is 0.628. The fraction of sp³-hybridized carbons (Fsp3) is 0. The second-order valence-electron chi connectivity index (χ2n) is 6.10. The highest BCUT2D eigenvalue weighted by Crippen LogP contribution is 2.33. The number of nitrogens with zero attached hydrogens (tertiary/aromatic N) is 5. The van der Waals surface area contributed by atoms with Gasteiger partial charge in [-0.2, -0.15) is 0 Å². The van der Waals surface area contributed by atoms with Crippen LogP contribution in [0.25, 0.3) is 39.2 Å². The number of benzene rings is 1. The van der Waals surface area contributed by atoms with Gasteiger partial charge in [-0.05, 0) is 30.3 Å². The number of rotatable bonds is 2. The summed E-state index contributed by atoms with van der Waals surface area (Å²) in [7, 11) is 0. The Kier molecular flexibility index (Phi) is 3.33. The summed E-state index contributed by atoms with van der Waals surface area (Å²) < 4.78 is 15.7. The van der Waals surface area contributed by atoms with E-state index in [2.05, 4.69) is 19.9 Å². The Morgan fingerprint density at radius 2 is 1.85 bits per heavy atom. The number of halogens is 1. The highest BCUT2D eigenvalue weighted by atomic mass is 19.1. The molecule has 0 aliphatic heterocycles. The summed E-state index contributed by atoms with van der Waals surface area (Å²) in [6.45, 7) is 0. The molecule has 0 atom stereocenters. The third kappa shape index (κ3) is 2.48. The van der Waals surface area contributed by atoms with E-state index in [1.54, 1.807) is 36.9 Å². The number of fused-ring (bicyclic) bond motifs is 2. The number of hydrogen-bond acceptors (Lipinski definition) is 5. The molecule has 0 spiro atoms. The van der Waals surface area contributed by atoms with Gasteiger partial charge in [-0.1, -0.05) is 12.1 Å². The summed E-state index contributed by atoms with van der Waals surface area (Å²) in [5, 5.41) is 0.894. The van der Waals surface area contributed by atoms with E-state index in [4.69, 9.17) is 5.73 Å². The van der Waals surface area contributed by atoms with Crippen LogP contribution < -0.4 is 5.73 Å². The van der Waals surface area contributed by atoms with Crippen LogP contribution in [0.5, 0.6) is 0 Å². The Hall–Kier alpha value is -3.87. The Morgan fingerprint density at radius 3 is 2.74 bits per heavy atom. The van der Waals surface area contributed by atoms with E-state index < -0.39 is 0 Å². The largest absolute Gasteiger partial charge is 0.381 e. The van der Waals surface area contributed by atoms with E-state index in [0.717, 1.165) is 16.6 Å². The molecule has 0 amide bonds. The number of aromatic nitrogens is 5. The van der Waals surface area contributed by atoms with E-state index >= 15 is 0 Å². The van der Waals surface area contributed by atoms with Crippen LogP contribution in [-0.2, 0) is 0 Å². The Bertz CT molecular complexity index is 1310. The lowest BCUT2D eigenvalue weighted by Crippen LogP contribution is -2.04. The predicted molar refractivity (Wildman–Crippen MR) is 101 cm³/mol. The second-order valence-corrected chi connectivity index (χ2v) is 6.10. The van der Waals surface area contributed by atoms with Crippen molar-refractivity contribution in [3.05, 3.63) is 73.1 Å². The molecule has 0 bridgehead atoms. The molecule has 0 saturated heterocycles. The molecule has 5 rings (SSSR count). The minimum Gasteiger partial charge on any atom is -0.381 e. The van der Waals surface area contributed by atoms with Crippen LogP contribution in [0.1, 0.15) is 0 Å². The van der Waals surface area contributed by atoms with Gasteiger partial charge >= 0.3 is 0 Å². The zero-order valence-electron chi connectivity index (χ0n) is 14.0. The molecule has 2 N–H and O–H groups in total. The van der Waals surface area contributed by atoms with Crippen molar-refractivity contribution in [3.63, 3.8) is 0 Å². The molecule has 0 aliphatic carbocycles. The molecule has 4 heterocycles. The van der Waals surface area contributed by atoms with Crippen LogP contribution in [0, 0.1) is 5.82 Å². The standard InChI is InChI=1S/C20H13FN6/c21-15-5-1-3-12(10-15)16-17(27-8-7-24-20(27)18(22)26-16)14-9-13-4-2-6-23-19(13)25-11-14/h1-11H,(H2,22,26). The van der Waals surface area contributed by atoms with Gasteiger partial charge in [0.1, 0.15) is 5.82 Å². The number of hydrogen-bond donors (Lipinski definition) is 1. The molecule has 0 aliphatic rings. The van der Waals surface area contributed by atoms with Gasteiger partial charge < -0.3 is 5.73 Å². The Balaban J connectivity index is 1.87. The number of nitrogens with two attached hydrogens (primary N) is 1. The first-order valence-electron chi connectivity index (χ1n) is 8.30. The molecule has 130 valence electrons. The van der Waals surface area contributed by atoms with Gasteiger partial charge in [0.25, 0.3) is 0 Å². The third-order valence-corrected chi connectivity index (χ3v) is 4.39. The van der Waals surface area contributed by atoms with Crippen molar-refractivity contribution in [3.8, 4) is 22.5 Å². The van der Waals surface area contributed by atoms with Gasteiger partial charge in [0, 0.05) is 41.3 Å². The quantitative estimate of drug-likeness (QED) is 0.521. The number of imidazole rings is 1. The summed E-state index contributed by atoms with van der Waals surface area (Å²) in [4.78, 5) is 17.5. The predicted octanol–water partition coefficient (Wildman–Crippen LogP) is 3.73. The SMILES string of the molecule is Nc1nc(-c2cccc(F)c2)c(-c2cnc3ncccc3c2)n2ccnc12. The molecule has 27 heavy (non-hydrogen) atoms. The zero-order chi connectivity index (χ0) is 18.4. The van der Waals surface area contributed by atoms with Gasteiger partial charge in [-0.15, -0.1) is 0 Å². The molecule has 6 nitrogen and oxygen atoms in total. The molecule has 5 aromatic rings. The summed E-state index contributed by atoms with van der Waals surface area (Å²) in [5.74, 6) is -0.0659. The highest BCUT2D eigenvalue weighted by Gasteiger charge is 2.18.